The van der Waals surface area contributed by atoms with Gasteiger partial charge in [0.1, 0.15) is 5.75 Å². The monoisotopic (exact) mass is 329 g/mol. The van der Waals surface area contributed by atoms with Crippen molar-refractivity contribution >= 4 is 11.3 Å². The fraction of sp³-hybridized carbons (Fsp3) is 0.263. The fourth-order valence-electron chi connectivity index (χ4n) is 2.62. The van der Waals surface area contributed by atoms with E-state index in [0.29, 0.717) is 28.7 Å². The Balaban J connectivity index is 2.60. The van der Waals surface area contributed by atoms with Crippen molar-refractivity contribution in [3.8, 4) is 23.0 Å². The van der Waals surface area contributed by atoms with Crippen molar-refractivity contribution < 1.29 is 18.9 Å². The molecule has 0 spiro atoms. The van der Waals surface area contributed by atoms with Gasteiger partial charge >= 0.3 is 0 Å². The Bertz CT molecular complexity index is 728. The highest BCUT2D eigenvalue weighted by molar-refractivity contribution is 5.83. The lowest BCUT2D eigenvalue weighted by molar-refractivity contribution is 0.324. The molecule has 0 saturated carbocycles. The van der Waals surface area contributed by atoms with E-state index in [0.717, 1.165) is 16.7 Å². The van der Waals surface area contributed by atoms with Gasteiger partial charge in [0.2, 0.25) is 5.75 Å². The molecule has 0 saturated heterocycles. The Morgan fingerprint density at radius 2 is 1.33 bits per heavy atom. The number of ether oxygens (including phenoxy) is 4. The maximum atomic E-state index is 5.91. The second-order valence-electron chi connectivity index (χ2n) is 5.07. The molecule has 5 heteroatoms. The van der Waals surface area contributed by atoms with Crippen molar-refractivity contribution in [2.24, 2.45) is 0 Å². The number of nitrogen functional groups attached to an aromatic ring is 1. The number of benzene rings is 2. The van der Waals surface area contributed by atoms with Crippen LogP contribution in [0, 0.1) is 0 Å². The number of rotatable bonds is 6. The maximum absolute atomic E-state index is 5.91. The van der Waals surface area contributed by atoms with E-state index >= 15 is 0 Å². The zero-order valence-corrected chi connectivity index (χ0v) is 14.7. The van der Waals surface area contributed by atoms with E-state index in [2.05, 4.69) is 0 Å². The van der Waals surface area contributed by atoms with Gasteiger partial charge in [-0.25, -0.2) is 0 Å². The van der Waals surface area contributed by atoms with E-state index in [1.54, 1.807) is 28.4 Å². The number of methoxy groups -OCH3 is 4. The van der Waals surface area contributed by atoms with Crippen LogP contribution >= 0.6 is 0 Å². The third kappa shape index (κ3) is 3.25. The van der Waals surface area contributed by atoms with Crippen molar-refractivity contribution in [2.75, 3.05) is 34.2 Å². The molecular weight excluding hydrogens is 306 g/mol. The molecule has 2 aromatic carbocycles. The highest BCUT2D eigenvalue weighted by atomic mass is 16.5. The van der Waals surface area contributed by atoms with Gasteiger partial charge in [-0.05, 0) is 47.9 Å². The number of nitrogens with two attached hydrogens (primary N) is 1. The molecule has 0 bridgehead atoms. The zero-order chi connectivity index (χ0) is 17.7. The molecule has 0 heterocycles. The summed E-state index contributed by atoms with van der Waals surface area (Å²) in [5, 5.41) is 0. The maximum Gasteiger partial charge on any atom is 0.203 e. The van der Waals surface area contributed by atoms with Gasteiger partial charge in [0.15, 0.2) is 11.5 Å². The summed E-state index contributed by atoms with van der Waals surface area (Å²) < 4.78 is 21.6. The lowest BCUT2D eigenvalue weighted by Gasteiger charge is -2.16. The molecule has 2 N–H and O–H groups in total. The van der Waals surface area contributed by atoms with Crippen molar-refractivity contribution in [3.63, 3.8) is 0 Å². The van der Waals surface area contributed by atoms with Crippen molar-refractivity contribution in [2.45, 2.75) is 6.92 Å². The predicted molar refractivity (Wildman–Crippen MR) is 96.3 cm³/mol. The van der Waals surface area contributed by atoms with Crippen LogP contribution in [-0.2, 0) is 0 Å². The Morgan fingerprint density at radius 1 is 0.792 bits per heavy atom. The number of hydrogen-bond acceptors (Lipinski definition) is 5. The molecule has 5 nitrogen and oxygen atoms in total. The van der Waals surface area contributed by atoms with E-state index in [1.807, 2.05) is 43.3 Å². The van der Waals surface area contributed by atoms with E-state index in [9.17, 15) is 0 Å². The van der Waals surface area contributed by atoms with Crippen molar-refractivity contribution in [1.29, 1.82) is 0 Å². The van der Waals surface area contributed by atoms with Gasteiger partial charge in [-0.1, -0.05) is 12.1 Å². The number of allylic oxidation sites excluding steroid dienone is 1. The summed E-state index contributed by atoms with van der Waals surface area (Å²) in [7, 11) is 6.39. The molecular formula is C19H23NO4. The summed E-state index contributed by atoms with van der Waals surface area (Å²) in [6.07, 6.45) is 2.02. The summed E-state index contributed by atoms with van der Waals surface area (Å²) in [6.45, 7) is 1.97. The normalized spacial score (nSPS) is 11.1. The first kappa shape index (κ1) is 17.5. The van der Waals surface area contributed by atoms with Crippen LogP contribution in [0.15, 0.2) is 36.4 Å². The molecule has 0 atom stereocenters. The lowest BCUT2D eigenvalue weighted by atomic mass is 9.96. The van der Waals surface area contributed by atoms with Gasteiger partial charge in [0.25, 0.3) is 0 Å². The van der Waals surface area contributed by atoms with Crippen molar-refractivity contribution in [1.82, 2.24) is 0 Å². The molecule has 0 fully saturated rings. The SMILES string of the molecule is CC=C(c1ccc(N)c(OC)c1)c1cc(OC)c(OC)c(OC)c1. The average molecular weight is 329 g/mol. The summed E-state index contributed by atoms with van der Waals surface area (Å²) in [4.78, 5) is 0. The minimum atomic E-state index is 0.564. The first-order valence-corrected chi connectivity index (χ1v) is 7.50. The van der Waals surface area contributed by atoms with Crippen LogP contribution in [0.3, 0.4) is 0 Å². The van der Waals surface area contributed by atoms with E-state index < -0.39 is 0 Å². The third-order valence-corrected chi connectivity index (χ3v) is 3.81. The van der Waals surface area contributed by atoms with Crippen LogP contribution in [0.25, 0.3) is 5.57 Å². The molecule has 0 aliphatic rings. The molecule has 2 rings (SSSR count). The second kappa shape index (κ2) is 7.64. The quantitative estimate of drug-likeness (QED) is 0.818. The summed E-state index contributed by atoms with van der Waals surface area (Å²) in [5.74, 6) is 2.41. The van der Waals surface area contributed by atoms with Gasteiger partial charge in [-0.2, -0.15) is 0 Å². The summed E-state index contributed by atoms with van der Waals surface area (Å²) in [6, 6.07) is 9.53. The molecule has 128 valence electrons. The standard InChI is InChI=1S/C19H23NO4/c1-6-14(12-7-8-15(20)16(9-12)21-2)13-10-17(22-3)19(24-5)18(11-13)23-4/h6-11H,20H2,1-5H3. The van der Waals surface area contributed by atoms with Crippen molar-refractivity contribution in [3.05, 3.63) is 47.5 Å². The van der Waals surface area contributed by atoms with E-state index in [-0.39, 0.29) is 0 Å². The second-order valence-corrected chi connectivity index (χ2v) is 5.07. The average Bonchev–Trinajstić information content (AvgIpc) is 2.62. The molecule has 0 aromatic heterocycles. The number of hydrogen-bond donors (Lipinski definition) is 1. The zero-order valence-electron chi connectivity index (χ0n) is 14.7. The van der Waals surface area contributed by atoms with Crippen LogP contribution in [0.1, 0.15) is 18.1 Å². The third-order valence-electron chi connectivity index (χ3n) is 3.81. The van der Waals surface area contributed by atoms with Gasteiger partial charge in [0, 0.05) is 0 Å². The van der Waals surface area contributed by atoms with E-state index in [1.165, 1.54) is 0 Å². The summed E-state index contributed by atoms with van der Waals surface area (Å²) in [5.41, 5.74) is 9.44. The highest BCUT2D eigenvalue weighted by Gasteiger charge is 2.16. The van der Waals surface area contributed by atoms with Crippen LogP contribution in [0.2, 0.25) is 0 Å². The molecule has 0 radical (unpaired) electrons. The first-order chi connectivity index (χ1) is 11.6. The molecule has 0 amide bonds. The molecule has 24 heavy (non-hydrogen) atoms. The van der Waals surface area contributed by atoms with Gasteiger partial charge in [-0.15, -0.1) is 0 Å². The largest absolute Gasteiger partial charge is 0.495 e. The highest BCUT2D eigenvalue weighted by Crippen LogP contribution is 2.41. The Hall–Kier alpha value is -2.82. The Morgan fingerprint density at radius 3 is 1.79 bits per heavy atom. The fourth-order valence-corrected chi connectivity index (χ4v) is 2.62. The van der Waals surface area contributed by atoms with Gasteiger partial charge in [-0.3, -0.25) is 0 Å². The topological polar surface area (TPSA) is 62.9 Å². The Labute approximate surface area is 142 Å². The Kier molecular flexibility index (Phi) is 5.58. The van der Waals surface area contributed by atoms with Gasteiger partial charge in [0.05, 0.1) is 34.1 Å². The molecule has 0 unspecified atom stereocenters. The molecule has 2 aromatic rings. The van der Waals surface area contributed by atoms with Crippen LogP contribution < -0.4 is 24.7 Å². The predicted octanol–water partition coefficient (Wildman–Crippen LogP) is 3.75. The lowest BCUT2D eigenvalue weighted by Crippen LogP contribution is -1.98. The summed E-state index contributed by atoms with van der Waals surface area (Å²) >= 11 is 0. The van der Waals surface area contributed by atoms with Crippen LogP contribution in [0.4, 0.5) is 5.69 Å². The van der Waals surface area contributed by atoms with Gasteiger partial charge < -0.3 is 24.7 Å². The van der Waals surface area contributed by atoms with E-state index in [4.69, 9.17) is 24.7 Å². The van der Waals surface area contributed by atoms with Crippen LogP contribution in [-0.4, -0.2) is 28.4 Å². The molecule has 0 aliphatic heterocycles. The molecule has 0 aliphatic carbocycles. The minimum Gasteiger partial charge on any atom is -0.495 e. The number of anilines is 1. The first-order valence-electron chi connectivity index (χ1n) is 7.50. The smallest absolute Gasteiger partial charge is 0.203 e. The minimum absolute atomic E-state index is 0.564. The van der Waals surface area contributed by atoms with Crippen LogP contribution in [0.5, 0.6) is 23.0 Å².